The number of oxazole rings is 1. The molecular weight excluding hydrogens is 324 g/mol. The average molecular weight is 336 g/mol. The van der Waals surface area contributed by atoms with Crippen molar-refractivity contribution < 1.29 is 23.5 Å². The summed E-state index contributed by atoms with van der Waals surface area (Å²) in [7, 11) is 0. The van der Waals surface area contributed by atoms with Crippen molar-refractivity contribution in [2.75, 3.05) is 6.54 Å². The largest absolute Gasteiger partial charge is 0.443 e. The Balaban J connectivity index is 1.41. The van der Waals surface area contributed by atoms with E-state index in [0.717, 1.165) is 4.90 Å². The Kier molecular flexibility index (Phi) is 3.53. The minimum absolute atomic E-state index is 0.0304. The van der Waals surface area contributed by atoms with Gasteiger partial charge in [-0.05, 0) is 24.3 Å². The van der Waals surface area contributed by atoms with Crippen LogP contribution in [0.4, 0.5) is 0 Å². The molecule has 3 aromatic rings. The molecule has 7 nitrogen and oxygen atoms in total. The molecule has 1 aromatic heterocycles. The first-order valence-corrected chi connectivity index (χ1v) is 7.62. The second kappa shape index (κ2) is 5.86. The zero-order valence-corrected chi connectivity index (χ0v) is 13.0. The van der Waals surface area contributed by atoms with Crippen LogP contribution in [-0.2, 0) is 4.79 Å². The Morgan fingerprint density at radius 1 is 1.08 bits per heavy atom. The van der Waals surface area contributed by atoms with Crippen molar-refractivity contribution in [1.82, 2.24) is 9.88 Å². The zero-order chi connectivity index (χ0) is 17.4. The van der Waals surface area contributed by atoms with Gasteiger partial charge < -0.3 is 9.15 Å². The SMILES string of the molecule is O=C(CCN1C(=O)c2ccccc2C1=O)Oc1ccc2ocnc2c1. The van der Waals surface area contributed by atoms with Crippen LogP contribution in [0.25, 0.3) is 11.1 Å². The van der Waals surface area contributed by atoms with E-state index < -0.39 is 17.8 Å². The molecule has 0 radical (unpaired) electrons. The van der Waals surface area contributed by atoms with E-state index in [2.05, 4.69) is 4.98 Å². The third-order valence-electron chi connectivity index (χ3n) is 3.95. The summed E-state index contributed by atoms with van der Waals surface area (Å²) in [5.74, 6) is -0.997. The van der Waals surface area contributed by atoms with Crippen LogP contribution in [0.2, 0.25) is 0 Å². The highest BCUT2D eigenvalue weighted by Gasteiger charge is 2.35. The number of amides is 2. The van der Waals surface area contributed by atoms with Gasteiger partial charge in [0.1, 0.15) is 11.3 Å². The number of rotatable bonds is 4. The summed E-state index contributed by atoms with van der Waals surface area (Å²) in [6.07, 6.45) is 1.21. The van der Waals surface area contributed by atoms with Crippen LogP contribution >= 0.6 is 0 Å². The van der Waals surface area contributed by atoms with Crippen LogP contribution < -0.4 is 4.74 Å². The molecule has 0 atom stereocenters. The molecule has 2 aromatic carbocycles. The van der Waals surface area contributed by atoms with E-state index in [-0.39, 0.29) is 13.0 Å². The molecule has 2 heterocycles. The third kappa shape index (κ3) is 2.65. The molecule has 2 amide bonds. The number of carbonyl (C=O) groups is 3. The number of esters is 1. The predicted molar refractivity (Wildman–Crippen MR) is 86.1 cm³/mol. The molecule has 1 aliphatic heterocycles. The Morgan fingerprint density at radius 3 is 2.52 bits per heavy atom. The number of hydrogen-bond acceptors (Lipinski definition) is 6. The number of carbonyl (C=O) groups excluding carboxylic acids is 3. The van der Waals surface area contributed by atoms with Crippen molar-refractivity contribution in [3.63, 3.8) is 0 Å². The van der Waals surface area contributed by atoms with Gasteiger partial charge >= 0.3 is 5.97 Å². The topological polar surface area (TPSA) is 89.7 Å². The summed E-state index contributed by atoms with van der Waals surface area (Å²) in [6.45, 7) is -0.0304. The van der Waals surface area contributed by atoms with Crippen molar-refractivity contribution in [2.24, 2.45) is 0 Å². The molecule has 1 aliphatic rings. The first-order chi connectivity index (χ1) is 12.1. The number of nitrogens with zero attached hydrogens (tertiary/aromatic N) is 2. The maximum absolute atomic E-state index is 12.2. The predicted octanol–water partition coefficient (Wildman–Crippen LogP) is 2.42. The number of ether oxygens (including phenoxy) is 1. The normalized spacial score (nSPS) is 13.4. The molecule has 0 unspecified atom stereocenters. The second-order valence-electron chi connectivity index (χ2n) is 5.51. The molecule has 0 spiro atoms. The van der Waals surface area contributed by atoms with Crippen molar-refractivity contribution in [2.45, 2.75) is 6.42 Å². The maximum atomic E-state index is 12.2. The highest BCUT2D eigenvalue weighted by molar-refractivity contribution is 6.21. The molecular formula is C18H12N2O5. The molecule has 0 saturated carbocycles. The first-order valence-electron chi connectivity index (χ1n) is 7.62. The molecule has 0 N–H and O–H groups in total. The van der Waals surface area contributed by atoms with Gasteiger partial charge in [-0.25, -0.2) is 4.98 Å². The van der Waals surface area contributed by atoms with Gasteiger partial charge in [0.05, 0.1) is 17.5 Å². The van der Waals surface area contributed by atoms with Gasteiger partial charge in [0.2, 0.25) is 0 Å². The zero-order valence-electron chi connectivity index (χ0n) is 13.0. The quantitative estimate of drug-likeness (QED) is 0.413. The van der Waals surface area contributed by atoms with Gasteiger partial charge in [-0.15, -0.1) is 0 Å². The van der Waals surface area contributed by atoms with E-state index in [1.165, 1.54) is 6.39 Å². The number of benzene rings is 2. The van der Waals surface area contributed by atoms with Crippen LogP contribution in [0.1, 0.15) is 27.1 Å². The molecule has 0 aliphatic carbocycles. The molecule has 124 valence electrons. The molecule has 0 bridgehead atoms. The molecule has 0 saturated heterocycles. The third-order valence-corrected chi connectivity index (χ3v) is 3.95. The van der Waals surface area contributed by atoms with Crippen LogP contribution in [-0.4, -0.2) is 34.2 Å². The van der Waals surface area contributed by atoms with Gasteiger partial charge in [0.25, 0.3) is 11.8 Å². The van der Waals surface area contributed by atoms with E-state index in [9.17, 15) is 14.4 Å². The van der Waals surface area contributed by atoms with Crippen molar-refractivity contribution in [3.8, 4) is 5.75 Å². The van der Waals surface area contributed by atoms with Crippen LogP contribution in [0, 0.1) is 0 Å². The fourth-order valence-electron chi connectivity index (χ4n) is 2.73. The Hall–Kier alpha value is -3.48. The monoisotopic (exact) mass is 336 g/mol. The van der Waals surface area contributed by atoms with Gasteiger partial charge in [-0.3, -0.25) is 19.3 Å². The summed E-state index contributed by atoms with van der Waals surface area (Å²) < 4.78 is 10.3. The molecule has 25 heavy (non-hydrogen) atoms. The first kappa shape index (κ1) is 15.1. The second-order valence-corrected chi connectivity index (χ2v) is 5.51. The van der Waals surface area contributed by atoms with Crippen molar-refractivity contribution >= 4 is 28.9 Å². The fraction of sp³-hybridized carbons (Fsp3) is 0.111. The number of fused-ring (bicyclic) bond motifs is 2. The smallest absolute Gasteiger partial charge is 0.313 e. The van der Waals surface area contributed by atoms with Gasteiger partial charge in [0.15, 0.2) is 12.0 Å². The standard InChI is InChI=1S/C18H12N2O5/c21-16(25-11-5-6-15-14(9-11)19-10-24-15)7-8-20-17(22)12-3-1-2-4-13(12)18(20)23/h1-6,9-10H,7-8H2. The van der Waals surface area contributed by atoms with Crippen LogP contribution in [0.3, 0.4) is 0 Å². The Labute approximate surface area is 141 Å². The average Bonchev–Trinajstić information content (AvgIpc) is 3.17. The maximum Gasteiger partial charge on any atom is 0.313 e. The summed E-state index contributed by atoms with van der Waals surface area (Å²) in [5, 5.41) is 0. The Bertz CT molecular complexity index is 972. The summed E-state index contributed by atoms with van der Waals surface area (Å²) >= 11 is 0. The van der Waals surface area contributed by atoms with Gasteiger partial charge in [-0.2, -0.15) is 0 Å². The number of hydrogen-bond donors (Lipinski definition) is 0. The van der Waals surface area contributed by atoms with Crippen LogP contribution in [0.5, 0.6) is 5.75 Å². The highest BCUT2D eigenvalue weighted by Crippen LogP contribution is 2.23. The van der Waals surface area contributed by atoms with Crippen molar-refractivity contribution in [3.05, 3.63) is 60.0 Å². The molecule has 7 heteroatoms. The fourth-order valence-corrected chi connectivity index (χ4v) is 2.73. The Morgan fingerprint density at radius 2 is 1.80 bits per heavy atom. The van der Waals surface area contributed by atoms with Crippen molar-refractivity contribution in [1.29, 1.82) is 0 Å². The van der Waals surface area contributed by atoms with Gasteiger partial charge in [0, 0.05) is 12.6 Å². The molecule has 0 fully saturated rings. The lowest BCUT2D eigenvalue weighted by Crippen LogP contribution is -2.32. The summed E-state index contributed by atoms with van der Waals surface area (Å²) in [5.41, 5.74) is 1.88. The van der Waals surface area contributed by atoms with E-state index in [4.69, 9.17) is 9.15 Å². The minimum atomic E-state index is -0.542. The van der Waals surface area contributed by atoms with Gasteiger partial charge in [-0.1, -0.05) is 12.1 Å². The number of imide groups is 1. The highest BCUT2D eigenvalue weighted by atomic mass is 16.5. The van der Waals surface area contributed by atoms with Crippen LogP contribution in [0.15, 0.2) is 53.3 Å². The minimum Gasteiger partial charge on any atom is -0.443 e. The van der Waals surface area contributed by atoms with E-state index >= 15 is 0 Å². The molecule has 4 rings (SSSR count). The summed E-state index contributed by atoms with van der Waals surface area (Å²) in [6, 6.07) is 11.4. The lowest BCUT2D eigenvalue weighted by molar-refractivity contribution is -0.134. The van der Waals surface area contributed by atoms with E-state index in [1.54, 1.807) is 42.5 Å². The number of aromatic nitrogens is 1. The lowest BCUT2D eigenvalue weighted by Gasteiger charge is -2.13. The lowest BCUT2D eigenvalue weighted by atomic mass is 10.1. The summed E-state index contributed by atoms with van der Waals surface area (Å²) in [4.78, 5) is 41.5. The van der Waals surface area contributed by atoms with E-state index in [1.807, 2.05) is 0 Å². The van der Waals surface area contributed by atoms with E-state index in [0.29, 0.717) is 28.0 Å².